The molecule has 158 valence electrons. The van der Waals surface area contributed by atoms with E-state index >= 15 is 0 Å². The zero-order valence-corrected chi connectivity index (χ0v) is 19.6. The molecule has 0 radical (unpaired) electrons. The Morgan fingerprint density at radius 3 is 1.54 bits per heavy atom. The number of aliphatic hydroxyl groups is 2. The van der Waals surface area contributed by atoms with E-state index < -0.39 is 6.29 Å². The number of hydrogen-bond acceptors (Lipinski definition) is 3. The summed E-state index contributed by atoms with van der Waals surface area (Å²) >= 11 is 0. The van der Waals surface area contributed by atoms with E-state index in [9.17, 15) is 0 Å². The average Bonchev–Trinajstić information content (AvgIpc) is 2.60. The highest BCUT2D eigenvalue weighted by molar-refractivity contribution is 14.0. The predicted octanol–water partition coefficient (Wildman–Crippen LogP) is 6.32. The van der Waals surface area contributed by atoms with E-state index in [-0.39, 0.29) is 30.5 Å². The lowest BCUT2D eigenvalue weighted by Gasteiger charge is -2.06. The minimum atomic E-state index is -1.22. The summed E-state index contributed by atoms with van der Waals surface area (Å²) < 4.78 is 0. The normalized spacial score (nSPS) is 11.4. The summed E-state index contributed by atoms with van der Waals surface area (Å²) in [5.41, 5.74) is 0. The van der Waals surface area contributed by atoms with Crippen molar-refractivity contribution in [2.45, 2.75) is 116 Å². The molecule has 0 fully saturated rings. The van der Waals surface area contributed by atoms with Gasteiger partial charge < -0.3 is 15.5 Å². The Kier molecular flexibility index (Phi) is 27.8. The van der Waals surface area contributed by atoms with Gasteiger partial charge in [0.05, 0.1) is 0 Å². The van der Waals surface area contributed by atoms with Crippen LogP contribution in [0.2, 0.25) is 0 Å². The Labute approximate surface area is 180 Å². The summed E-state index contributed by atoms with van der Waals surface area (Å²) in [5, 5.41) is 20.4. The highest BCUT2D eigenvalue weighted by Crippen LogP contribution is 2.11. The maximum absolute atomic E-state index is 8.69. The first-order chi connectivity index (χ1) is 12.3. The van der Waals surface area contributed by atoms with Crippen molar-refractivity contribution >= 4 is 24.0 Å². The van der Waals surface area contributed by atoms with Crippen LogP contribution in [0, 0.1) is 0 Å². The molecule has 0 saturated heterocycles. The Morgan fingerprint density at radius 2 is 1.08 bits per heavy atom. The van der Waals surface area contributed by atoms with Gasteiger partial charge in [0.2, 0.25) is 0 Å². The van der Waals surface area contributed by atoms with Gasteiger partial charge in [0.15, 0.2) is 6.29 Å². The van der Waals surface area contributed by atoms with Crippen LogP contribution in [0.4, 0.5) is 0 Å². The quantitative estimate of drug-likeness (QED) is 0.0822. The molecule has 0 aromatic rings. The Hall–Kier alpha value is 0.350. The molecule has 0 bridgehead atoms. The largest absolute Gasteiger partial charge is 0.367 e. The van der Waals surface area contributed by atoms with E-state index in [0.29, 0.717) is 0 Å². The van der Waals surface area contributed by atoms with Crippen LogP contribution in [0.15, 0.2) is 12.2 Å². The van der Waals surface area contributed by atoms with E-state index in [1.54, 1.807) is 0 Å². The summed E-state index contributed by atoms with van der Waals surface area (Å²) in [6, 6.07) is 0. The van der Waals surface area contributed by atoms with Crippen LogP contribution in [0.3, 0.4) is 0 Å². The standard InChI is InChI=1S/C22H45NO2.HI/c1-2-3-4-5-6-7-8-9-10-11-12-13-14-15-16-17-18-19-20-23-21-22(24)25;/h9-10,22-25H,2-8,11-21H2,1H3;1H/b10-9-;. The maximum atomic E-state index is 8.69. The first kappa shape index (κ1) is 28.6. The molecule has 0 unspecified atom stereocenters. The molecule has 0 aliphatic heterocycles. The van der Waals surface area contributed by atoms with Crippen molar-refractivity contribution < 1.29 is 10.2 Å². The van der Waals surface area contributed by atoms with Crippen molar-refractivity contribution in [2.24, 2.45) is 0 Å². The molecule has 0 aromatic carbocycles. The van der Waals surface area contributed by atoms with E-state index in [0.717, 1.165) is 13.0 Å². The molecule has 0 heterocycles. The summed E-state index contributed by atoms with van der Waals surface area (Å²) in [7, 11) is 0. The van der Waals surface area contributed by atoms with Gasteiger partial charge in [-0.15, -0.1) is 24.0 Å². The SMILES string of the molecule is CCCCCCCC/C=C\CCCCCCCCCCNCC(O)O.I. The summed E-state index contributed by atoms with van der Waals surface area (Å²) in [6.45, 7) is 3.45. The first-order valence-electron chi connectivity index (χ1n) is 11.0. The summed E-state index contributed by atoms with van der Waals surface area (Å²) in [6.07, 6.45) is 25.0. The molecule has 3 nitrogen and oxygen atoms in total. The second-order valence-corrected chi connectivity index (χ2v) is 7.33. The second kappa shape index (κ2) is 25.4. The molecule has 0 aromatic heterocycles. The first-order valence-corrected chi connectivity index (χ1v) is 11.0. The second-order valence-electron chi connectivity index (χ2n) is 7.33. The fourth-order valence-corrected chi connectivity index (χ4v) is 3.08. The maximum Gasteiger partial charge on any atom is 0.164 e. The number of halogens is 1. The minimum Gasteiger partial charge on any atom is -0.367 e. The topological polar surface area (TPSA) is 52.5 Å². The van der Waals surface area contributed by atoms with Crippen LogP contribution in [0.25, 0.3) is 0 Å². The zero-order chi connectivity index (χ0) is 18.4. The van der Waals surface area contributed by atoms with Gasteiger partial charge in [-0.25, -0.2) is 0 Å². The van der Waals surface area contributed by atoms with Gasteiger partial charge in [0, 0.05) is 6.54 Å². The molecular formula is C22H46INO2. The highest BCUT2D eigenvalue weighted by atomic mass is 127. The monoisotopic (exact) mass is 483 g/mol. The molecule has 0 atom stereocenters. The Morgan fingerprint density at radius 1 is 0.654 bits per heavy atom. The summed E-state index contributed by atoms with van der Waals surface area (Å²) in [4.78, 5) is 0. The molecule has 4 heteroatoms. The highest BCUT2D eigenvalue weighted by Gasteiger charge is 1.95. The number of unbranched alkanes of at least 4 members (excludes halogenated alkanes) is 14. The lowest BCUT2D eigenvalue weighted by Crippen LogP contribution is -2.26. The van der Waals surface area contributed by atoms with Crippen molar-refractivity contribution in [1.82, 2.24) is 5.32 Å². The minimum absolute atomic E-state index is 0. The molecule has 0 aliphatic carbocycles. The Balaban J connectivity index is 0. The van der Waals surface area contributed by atoms with E-state index in [4.69, 9.17) is 10.2 Å². The fraction of sp³-hybridized carbons (Fsp3) is 0.909. The molecule has 0 aliphatic rings. The van der Waals surface area contributed by atoms with Gasteiger partial charge in [-0.05, 0) is 38.6 Å². The Bertz CT molecular complexity index is 273. The molecule has 0 rings (SSSR count). The van der Waals surface area contributed by atoms with Crippen molar-refractivity contribution in [2.75, 3.05) is 13.1 Å². The number of hydrogen-bond donors (Lipinski definition) is 3. The molecule has 0 spiro atoms. The molecule has 3 N–H and O–H groups in total. The number of nitrogens with one attached hydrogen (secondary N) is 1. The predicted molar refractivity (Wildman–Crippen MR) is 125 cm³/mol. The van der Waals surface area contributed by atoms with Gasteiger partial charge in [-0.2, -0.15) is 0 Å². The van der Waals surface area contributed by atoms with Gasteiger partial charge in [0.1, 0.15) is 0 Å². The smallest absolute Gasteiger partial charge is 0.164 e. The van der Waals surface area contributed by atoms with Gasteiger partial charge in [-0.3, -0.25) is 0 Å². The van der Waals surface area contributed by atoms with Crippen molar-refractivity contribution in [1.29, 1.82) is 0 Å². The van der Waals surface area contributed by atoms with Crippen molar-refractivity contribution in [3.63, 3.8) is 0 Å². The van der Waals surface area contributed by atoms with Crippen LogP contribution in [0.5, 0.6) is 0 Å². The van der Waals surface area contributed by atoms with Crippen LogP contribution in [-0.2, 0) is 0 Å². The van der Waals surface area contributed by atoms with E-state index in [2.05, 4.69) is 24.4 Å². The zero-order valence-electron chi connectivity index (χ0n) is 17.3. The lowest BCUT2D eigenvalue weighted by molar-refractivity contribution is -0.0370. The number of aliphatic hydroxyl groups excluding tert-OH is 1. The van der Waals surface area contributed by atoms with E-state index in [1.165, 1.54) is 96.3 Å². The number of rotatable bonds is 20. The van der Waals surface area contributed by atoms with Crippen LogP contribution >= 0.6 is 24.0 Å². The van der Waals surface area contributed by atoms with Crippen LogP contribution in [-0.4, -0.2) is 29.6 Å². The average molecular weight is 484 g/mol. The molecule has 0 amide bonds. The summed E-state index contributed by atoms with van der Waals surface area (Å²) in [5.74, 6) is 0. The number of allylic oxidation sites excluding steroid dienone is 2. The van der Waals surface area contributed by atoms with Gasteiger partial charge in [-0.1, -0.05) is 89.7 Å². The third kappa shape index (κ3) is 26.6. The van der Waals surface area contributed by atoms with Crippen LogP contribution in [0.1, 0.15) is 110 Å². The molecular weight excluding hydrogens is 437 g/mol. The van der Waals surface area contributed by atoms with E-state index in [1.807, 2.05) is 0 Å². The van der Waals surface area contributed by atoms with Crippen molar-refractivity contribution in [3.8, 4) is 0 Å². The van der Waals surface area contributed by atoms with Gasteiger partial charge in [0.25, 0.3) is 0 Å². The van der Waals surface area contributed by atoms with Gasteiger partial charge >= 0.3 is 0 Å². The third-order valence-corrected chi connectivity index (χ3v) is 4.69. The molecule has 26 heavy (non-hydrogen) atoms. The molecule has 0 saturated carbocycles. The lowest BCUT2D eigenvalue weighted by atomic mass is 10.1. The fourth-order valence-electron chi connectivity index (χ4n) is 3.08. The van der Waals surface area contributed by atoms with Crippen LogP contribution < -0.4 is 5.32 Å². The third-order valence-electron chi connectivity index (χ3n) is 4.69. The van der Waals surface area contributed by atoms with Crippen molar-refractivity contribution in [3.05, 3.63) is 12.2 Å².